The number of fused-ring (bicyclic) bond motifs is 1. The van der Waals surface area contributed by atoms with E-state index in [4.69, 9.17) is 0 Å². The zero-order valence-electron chi connectivity index (χ0n) is 15.7. The molecule has 0 aliphatic rings. The summed E-state index contributed by atoms with van der Waals surface area (Å²) in [7, 11) is 4.11. The molecule has 1 N–H and O–H groups in total. The number of aromatic nitrogens is 1. The Balaban J connectivity index is 1.78. The first-order valence-corrected chi connectivity index (χ1v) is 10.6. The molecule has 0 unspecified atom stereocenters. The number of likely N-dealkylation sites (N-methyl/N-ethyl adjacent to an activating group) is 1. The summed E-state index contributed by atoms with van der Waals surface area (Å²) in [6.07, 6.45) is 0. The smallest absolute Gasteiger partial charge is 0.239 e. The van der Waals surface area contributed by atoms with Gasteiger partial charge in [-0.15, -0.1) is 11.8 Å². The minimum Gasteiger partial charge on any atom is -0.338 e. The molecule has 2 aromatic carbocycles. The molecule has 3 aromatic rings. The number of aryl methyl sites for hydroxylation is 1. The van der Waals surface area contributed by atoms with E-state index in [1.165, 1.54) is 45.7 Å². The van der Waals surface area contributed by atoms with Crippen molar-refractivity contribution < 1.29 is 14.1 Å². The van der Waals surface area contributed by atoms with Crippen molar-refractivity contribution in [3.8, 4) is 0 Å². The Labute approximate surface area is 167 Å². The predicted octanol–water partition coefficient (Wildman–Crippen LogP) is 3.01. The van der Waals surface area contributed by atoms with Gasteiger partial charge in [-0.25, -0.2) is 9.37 Å². The van der Waals surface area contributed by atoms with Gasteiger partial charge in [0.2, 0.25) is 5.91 Å². The average molecular weight is 405 g/mol. The zero-order valence-corrected chi connectivity index (χ0v) is 17.3. The Kier molecular flexibility index (Phi) is 6.46. The van der Waals surface area contributed by atoms with Crippen molar-refractivity contribution in [1.82, 2.24) is 4.98 Å². The summed E-state index contributed by atoms with van der Waals surface area (Å²) in [5, 5.41) is 0.631. The van der Waals surface area contributed by atoms with E-state index in [9.17, 15) is 9.18 Å². The minimum atomic E-state index is -0.289. The molecular weight excluding hydrogens is 381 g/mol. The van der Waals surface area contributed by atoms with Crippen LogP contribution < -0.4 is 9.80 Å². The zero-order chi connectivity index (χ0) is 19.4. The molecule has 1 heterocycles. The molecule has 142 valence electrons. The fourth-order valence-corrected chi connectivity index (χ4v) is 4.33. The number of hydrogen-bond donors (Lipinski definition) is 1. The topological polar surface area (TPSA) is 37.6 Å². The number of quaternary nitrogens is 1. The van der Waals surface area contributed by atoms with E-state index >= 15 is 0 Å². The van der Waals surface area contributed by atoms with Crippen molar-refractivity contribution in [2.24, 2.45) is 0 Å². The molecule has 1 aromatic heterocycles. The number of benzene rings is 2. The van der Waals surface area contributed by atoms with Gasteiger partial charge in [-0.2, -0.15) is 0 Å². The van der Waals surface area contributed by atoms with Crippen LogP contribution >= 0.6 is 23.1 Å². The number of hydrogen-bond acceptors (Lipinski definition) is 4. The Bertz CT molecular complexity index is 925. The molecule has 0 saturated heterocycles. The normalized spacial score (nSPS) is 11.3. The van der Waals surface area contributed by atoms with Crippen molar-refractivity contribution >= 4 is 44.4 Å². The molecular formula is C20H23FN3OS2+. The third-order valence-electron chi connectivity index (χ3n) is 4.09. The second-order valence-electron chi connectivity index (χ2n) is 6.71. The van der Waals surface area contributed by atoms with Gasteiger partial charge in [0.15, 0.2) is 5.13 Å². The molecule has 4 nitrogen and oxygen atoms in total. The summed E-state index contributed by atoms with van der Waals surface area (Å²) in [5.74, 6) is 0.0698. The number of nitrogens with zero attached hydrogens (tertiary/aromatic N) is 2. The van der Waals surface area contributed by atoms with E-state index in [-0.39, 0.29) is 11.7 Å². The second-order valence-corrected chi connectivity index (χ2v) is 8.77. The van der Waals surface area contributed by atoms with Gasteiger partial charge in [-0.3, -0.25) is 9.69 Å². The molecule has 0 saturated carbocycles. The van der Waals surface area contributed by atoms with E-state index in [1.807, 2.05) is 31.2 Å². The van der Waals surface area contributed by atoms with E-state index in [0.717, 1.165) is 21.7 Å². The summed E-state index contributed by atoms with van der Waals surface area (Å²) < 4.78 is 14.2. The summed E-state index contributed by atoms with van der Waals surface area (Å²) in [5.41, 5.74) is 1.92. The maximum absolute atomic E-state index is 13.5. The van der Waals surface area contributed by atoms with E-state index in [1.54, 1.807) is 11.0 Å². The van der Waals surface area contributed by atoms with Gasteiger partial charge in [-0.05, 0) is 37.3 Å². The van der Waals surface area contributed by atoms with Crippen LogP contribution in [0.25, 0.3) is 10.2 Å². The lowest BCUT2D eigenvalue weighted by atomic mass is 10.2. The molecule has 1 amide bonds. The van der Waals surface area contributed by atoms with Crippen LogP contribution in [0, 0.1) is 12.7 Å². The fraction of sp³-hybridized carbons (Fsp3) is 0.300. The van der Waals surface area contributed by atoms with Crippen LogP contribution in [0.3, 0.4) is 0 Å². The molecule has 0 aliphatic heterocycles. The molecule has 0 aliphatic carbocycles. The molecule has 27 heavy (non-hydrogen) atoms. The number of amides is 1. The van der Waals surface area contributed by atoms with Crippen LogP contribution in [0.15, 0.2) is 47.4 Å². The molecule has 3 rings (SSSR count). The molecule has 0 fully saturated rings. The van der Waals surface area contributed by atoms with Crippen LogP contribution in [-0.2, 0) is 4.79 Å². The van der Waals surface area contributed by atoms with Crippen LogP contribution in [0.2, 0.25) is 0 Å². The average Bonchev–Trinajstić information content (AvgIpc) is 3.03. The minimum absolute atomic E-state index is 0.0151. The van der Waals surface area contributed by atoms with E-state index < -0.39 is 0 Å². The van der Waals surface area contributed by atoms with Crippen LogP contribution in [0.4, 0.5) is 9.52 Å². The van der Waals surface area contributed by atoms with Crippen LogP contribution in [0.5, 0.6) is 0 Å². The summed E-state index contributed by atoms with van der Waals surface area (Å²) in [6.45, 7) is 3.43. The van der Waals surface area contributed by atoms with Gasteiger partial charge in [0, 0.05) is 4.90 Å². The maximum atomic E-state index is 13.5. The van der Waals surface area contributed by atoms with Crippen LogP contribution in [0.1, 0.15) is 5.56 Å². The molecule has 0 bridgehead atoms. The summed E-state index contributed by atoms with van der Waals surface area (Å²) in [6, 6.07) is 12.7. The summed E-state index contributed by atoms with van der Waals surface area (Å²) >= 11 is 2.88. The number of rotatable bonds is 7. The fourth-order valence-electron chi connectivity index (χ4n) is 2.52. The van der Waals surface area contributed by atoms with Gasteiger partial charge < -0.3 is 4.90 Å². The number of carbonyl (C=O) groups is 1. The third kappa shape index (κ3) is 5.28. The van der Waals surface area contributed by atoms with Gasteiger partial charge >= 0.3 is 0 Å². The number of thioether (sulfide) groups is 1. The molecule has 0 spiro atoms. The first-order chi connectivity index (χ1) is 12.9. The lowest BCUT2D eigenvalue weighted by Gasteiger charge is -2.20. The summed E-state index contributed by atoms with van der Waals surface area (Å²) in [4.78, 5) is 21.5. The van der Waals surface area contributed by atoms with Crippen molar-refractivity contribution in [1.29, 1.82) is 0 Å². The SMILES string of the molecule is Cc1ccc(SCC(=O)N(CC[NH+](C)C)c2nc3ccc(F)cc3s2)cc1. The Hall–Kier alpha value is -1.96. The van der Waals surface area contributed by atoms with Crippen molar-refractivity contribution in [3.05, 3.63) is 53.8 Å². The Morgan fingerprint density at radius 3 is 2.67 bits per heavy atom. The number of thiazole rings is 1. The molecule has 0 radical (unpaired) electrons. The highest BCUT2D eigenvalue weighted by atomic mass is 32.2. The van der Waals surface area contributed by atoms with Gasteiger partial charge in [0.1, 0.15) is 5.82 Å². The highest BCUT2D eigenvalue weighted by molar-refractivity contribution is 8.00. The largest absolute Gasteiger partial charge is 0.338 e. The predicted molar refractivity (Wildman–Crippen MR) is 112 cm³/mol. The number of anilines is 1. The maximum Gasteiger partial charge on any atom is 0.239 e. The van der Waals surface area contributed by atoms with Crippen molar-refractivity contribution in [3.63, 3.8) is 0 Å². The quantitative estimate of drug-likeness (QED) is 0.615. The number of nitrogens with one attached hydrogen (secondary N) is 1. The first kappa shape index (κ1) is 19.8. The van der Waals surface area contributed by atoms with Gasteiger partial charge in [0.05, 0.1) is 43.2 Å². The second kappa shape index (κ2) is 8.82. The van der Waals surface area contributed by atoms with E-state index in [2.05, 4.69) is 19.1 Å². The lowest BCUT2D eigenvalue weighted by Crippen LogP contribution is -3.06. The van der Waals surface area contributed by atoms with Crippen molar-refractivity contribution in [2.75, 3.05) is 37.8 Å². The number of carbonyl (C=O) groups excluding carboxylic acids is 1. The first-order valence-electron chi connectivity index (χ1n) is 8.77. The number of halogens is 1. The van der Waals surface area contributed by atoms with E-state index in [0.29, 0.717) is 17.4 Å². The highest BCUT2D eigenvalue weighted by Gasteiger charge is 2.21. The Morgan fingerprint density at radius 2 is 1.96 bits per heavy atom. The third-order valence-corrected chi connectivity index (χ3v) is 6.13. The lowest BCUT2D eigenvalue weighted by molar-refractivity contribution is -0.856. The highest BCUT2D eigenvalue weighted by Crippen LogP contribution is 2.30. The van der Waals surface area contributed by atoms with Gasteiger partial charge in [-0.1, -0.05) is 29.0 Å². The molecule has 7 heteroatoms. The molecule has 0 atom stereocenters. The monoisotopic (exact) mass is 404 g/mol. The Morgan fingerprint density at radius 1 is 1.22 bits per heavy atom. The van der Waals surface area contributed by atoms with Gasteiger partial charge in [0.25, 0.3) is 0 Å². The van der Waals surface area contributed by atoms with Crippen molar-refractivity contribution in [2.45, 2.75) is 11.8 Å². The standard InChI is InChI=1S/C20H22FN3OS2/c1-14-4-7-16(8-5-14)26-13-19(25)24(11-10-23(2)3)20-22-17-9-6-15(21)12-18(17)27-20/h4-9,12H,10-11,13H2,1-3H3/p+1. The van der Waals surface area contributed by atoms with Crippen LogP contribution in [-0.4, -0.2) is 43.8 Å².